The van der Waals surface area contributed by atoms with Crippen LogP contribution in [0, 0.1) is 19.7 Å². The van der Waals surface area contributed by atoms with Crippen LogP contribution in [0.3, 0.4) is 0 Å². The lowest BCUT2D eigenvalue weighted by atomic mass is 10.1. The van der Waals surface area contributed by atoms with Crippen LogP contribution in [0.15, 0.2) is 60.7 Å². The molecule has 0 fully saturated rings. The molecular weight excluding hydrogens is 415 g/mol. The topological polar surface area (TPSA) is 72.9 Å². The molecule has 2 aromatic heterocycles. The van der Waals surface area contributed by atoms with Gasteiger partial charge in [-0.1, -0.05) is 42.5 Å². The summed E-state index contributed by atoms with van der Waals surface area (Å²) in [6.07, 6.45) is 0. The minimum Gasteiger partial charge on any atom is -0.364 e. The molecule has 1 amide bonds. The number of aromatic nitrogens is 2. The SMILES string of the molecule is Cc1c(C)n(Cc2ccccc2)c2c(NCc3ccc(F)cc3)nc(C(N)=O)cc12.Cl. The van der Waals surface area contributed by atoms with Crippen LogP contribution in [0.1, 0.15) is 32.9 Å². The smallest absolute Gasteiger partial charge is 0.267 e. The highest BCUT2D eigenvalue weighted by molar-refractivity contribution is 6.00. The van der Waals surface area contributed by atoms with Crippen molar-refractivity contribution in [3.05, 3.63) is 94.6 Å². The van der Waals surface area contributed by atoms with Gasteiger partial charge in [0.15, 0.2) is 5.82 Å². The van der Waals surface area contributed by atoms with E-state index in [0.717, 1.165) is 27.7 Å². The number of halogens is 2. The second kappa shape index (κ2) is 9.18. The molecule has 4 aromatic rings. The third-order valence-electron chi connectivity index (χ3n) is 5.42. The number of fused-ring (bicyclic) bond motifs is 1. The molecule has 31 heavy (non-hydrogen) atoms. The average molecular weight is 439 g/mol. The fourth-order valence-corrected chi connectivity index (χ4v) is 3.66. The maximum absolute atomic E-state index is 13.2. The number of benzene rings is 2. The van der Waals surface area contributed by atoms with E-state index in [-0.39, 0.29) is 23.9 Å². The van der Waals surface area contributed by atoms with Gasteiger partial charge in [-0.2, -0.15) is 0 Å². The minimum atomic E-state index is -0.574. The number of primary amides is 1. The molecule has 0 aliphatic heterocycles. The number of aryl methyl sites for hydroxylation is 1. The largest absolute Gasteiger partial charge is 0.364 e. The van der Waals surface area contributed by atoms with E-state index in [1.165, 1.54) is 17.7 Å². The molecule has 0 aliphatic rings. The zero-order valence-electron chi connectivity index (χ0n) is 17.4. The molecule has 2 heterocycles. The Morgan fingerprint density at radius 2 is 1.74 bits per heavy atom. The second-order valence-electron chi connectivity index (χ2n) is 7.38. The van der Waals surface area contributed by atoms with Gasteiger partial charge in [0, 0.05) is 24.2 Å². The third-order valence-corrected chi connectivity index (χ3v) is 5.42. The van der Waals surface area contributed by atoms with E-state index in [1.807, 2.05) is 25.1 Å². The van der Waals surface area contributed by atoms with Crippen LogP contribution >= 0.6 is 12.4 Å². The van der Waals surface area contributed by atoms with Crippen molar-refractivity contribution in [3.63, 3.8) is 0 Å². The van der Waals surface area contributed by atoms with Crippen LogP contribution in [-0.2, 0) is 13.1 Å². The van der Waals surface area contributed by atoms with Gasteiger partial charge >= 0.3 is 0 Å². The molecule has 160 valence electrons. The minimum absolute atomic E-state index is 0. The summed E-state index contributed by atoms with van der Waals surface area (Å²) in [7, 11) is 0. The van der Waals surface area contributed by atoms with Gasteiger partial charge in [0.1, 0.15) is 11.5 Å². The molecule has 3 N–H and O–H groups in total. The molecule has 2 aromatic carbocycles. The molecule has 4 rings (SSSR count). The number of nitrogens with two attached hydrogens (primary N) is 1. The van der Waals surface area contributed by atoms with E-state index in [9.17, 15) is 9.18 Å². The number of rotatable bonds is 6. The number of hydrogen-bond acceptors (Lipinski definition) is 3. The van der Waals surface area contributed by atoms with Crippen molar-refractivity contribution in [2.45, 2.75) is 26.9 Å². The molecule has 7 heteroatoms. The van der Waals surface area contributed by atoms with Crippen LogP contribution < -0.4 is 11.1 Å². The van der Waals surface area contributed by atoms with Crippen LogP contribution in [-0.4, -0.2) is 15.5 Å². The number of carbonyl (C=O) groups excluding carboxylic acids is 1. The first-order valence-corrected chi connectivity index (χ1v) is 9.76. The van der Waals surface area contributed by atoms with Crippen molar-refractivity contribution in [1.29, 1.82) is 0 Å². The van der Waals surface area contributed by atoms with Gasteiger partial charge in [0.25, 0.3) is 5.91 Å². The zero-order valence-corrected chi connectivity index (χ0v) is 18.2. The number of pyridine rings is 1. The first-order chi connectivity index (χ1) is 14.4. The number of nitrogens with one attached hydrogen (secondary N) is 1. The summed E-state index contributed by atoms with van der Waals surface area (Å²) in [5, 5.41) is 4.26. The van der Waals surface area contributed by atoms with E-state index in [2.05, 4.69) is 33.9 Å². The van der Waals surface area contributed by atoms with E-state index in [0.29, 0.717) is 18.9 Å². The summed E-state index contributed by atoms with van der Waals surface area (Å²) in [6, 6.07) is 18.2. The highest BCUT2D eigenvalue weighted by atomic mass is 35.5. The maximum atomic E-state index is 13.2. The molecule has 0 unspecified atom stereocenters. The number of carbonyl (C=O) groups is 1. The lowest BCUT2D eigenvalue weighted by molar-refractivity contribution is 0.0996. The van der Waals surface area contributed by atoms with Crippen molar-refractivity contribution in [1.82, 2.24) is 9.55 Å². The summed E-state index contributed by atoms with van der Waals surface area (Å²) in [5.74, 6) is -0.273. The molecular formula is C24H24ClFN4O. The Hall–Kier alpha value is -3.38. The van der Waals surface area contributed by atoms with Crippen LogP contribution in [0.4, 0.5) is 10.2 Å². The van der Waals surface area contributed by atoms with Crippen molar-refractivity contribution >= 4 is 35.0 Å². The van der Waals surface area contributed by atoms with Crippen LogP contribution in [0.2, 0.25) is 0 Å². The molecule has 5 nitrogen and oxygen atoms in total. The summed E-state index contributed by atoms with van der Waals surface area (Å²) in [4.78, 5) is 16.4. The number of amides is 1. The highest BCUT2D eigenvalue weighted by Gasteiger charge is 2.19. The Kier molecular flexibility index (Phi) is 6.61. The lowest BCUT2D eigenvalue weighted by Crippen LogP contribution is -2.15. The van der Waals surface area contributed by atoms with Crippen molar-refractivity contribution in [2.75, 3.05) is 5.32 Å². The fraction of sp³-hybridized carbons (Fsp3) is 0.167. The number of anilines is 1. The first-order valence-electron chi connectivity index (χ1n) is 9.76. The zero-order chi connectivity index (χ0) is 21.3. The van der Waals surface area contributed by atoms with Gasteiger partial charge in [-0.05, 0) is 48.7 Å². The molecule has 0 aliphatic carbocycles. The molecule has 0 radical (unpaired) electrons. The average Bonchev–Trinajstić information content (AvgIpc) is 2.99. The standard InChI is InChI=1S/C24H23FN4O.ClH/c1-15-16(2)29(14-18-6-4-3-5-7-18)22-20(15)12-21(23(26)30)28-24(22)27-13-17-8-10-19(25)11-9-17;/h3-12H,13-14H2,1-2H3,(H2,26,30)(H,27,28);1H. The van der Waals surface area contributed by atoms with Gasteiger partial charge in [-0.15, -0.1) is 12.4 Å². The Morgan fingerprint density at radius 1 is 1.06 bits per heavy atom. The van der Waals surface area contributed by atoms with Crippen LogP contribution in [0.5, 0.6) is 0 Å². The second-order valence-corrected chi connectivity index (χ2v) is 7.38. The summed E-state index contributed by atoms with van der Waals surface area (Å²) in [6.45, 7) is 5.22. The Labute approximate surface area is 186 Å². The summed E-state index contributed by atoms with van der Waals surface area (Å²) >= 11 is 0. The molecule has 0 spiro atoms. The summed E-state index contributed by atoms with van der Waals surface area (Å²) in [5.41, 5.74) is 10.9. The Bertz CT molecular complexity index is 1220. The highest BCUT2D eigenvalue weighted by Crippen LogP contribution is 2.31. The van der Waals surface area contributed by atoms with Gasteiger partial charge in [-0.3, -0.25) is 4.79 Å². The lowest BCUT2D eigenvalue weighted by Gasteiger charge is -2.14. The summed E-state index contributed by atoms with van der Waals surface area (Å²) < 4.78 is 15.4. The molecule has 0 atom stereocenters. The van der Waals surface area contributed by atoms with Crippen molar-refractivity contribution < 1.29 is 9.18 Å². The van der Waals surface area contributed by atoms with Gasteiger partial charge in [0.2, 0.25) is 0 Å². The predicted octanol–water partition coefficient (Wildman–Crippen LogP) is 4.97. The molecule has 0 saturated carbocycles. The van der Waals surface area contributed by atoms with E-state index in [4.69, 9.17) is 5.73 Å². The van der Waals surface area contributed by atoms with E-state index < -0.39 is 5.91 Å². The normalized spacial score (nSPS) is 10.7. The monoisotopic (exact) mass is 438 g/mol. The Balaban J connectivity index is 0.00000272. The van der Waals surface area contributed by atoms with Gasteiger partial charge in [-0.25, -0.2) is 9.37 Å². The van der Waals surface area contributed by atoms with Gasteiger partial charge in [0.05, 0.1) is 5.52 Å². The molecule has 0 saturated heterocycles. The predicted molar refractivity (Wildman–Crippen MR) is 124 cm³/mol. The van der Waals surface area contributed by atoms with Crippen LogP contribution in [0.25, 0.3) is 10.9 Å². The van der Waals surface area contributed by atoms with E-state index >= 15 is 0 Å². The molecule has 0 bridgehead atoms. The number of nitrogens with zero attached hydrogens (tertiary/aromatic N) is 2. The first kappa shape index (κ1) is 22.3. The van der Waals surface area contributed by atoms with E-state index in [1.54, 1.807) is 18.2 Å². The van der Waals surface area contributed by atoms with Crippen molar-refractivity contribution in [2.24, 2.45) is 5.73 Å². The fourth-order valence-electron chi connectivity index (χ4n) is 3.66. The van der Waals surface area contributed by atoms with Crippen molar-refractivity contribution in [3.8, 4) is 0 Å². The third kappa shape index (κ3) is 4.54. The van der Waals surface area contributed by atoms with Gasteiger partial charge < -0.3 is 15.6 Å². The quantitative estimate of drug-likeness (QED) is 0.446. The number of hydrogen-bond donors (Lipinski definition) is 2. The Morgan fingerprint density at radius 3 is 2.39 bits per heavy atom. The maximum Gasteiger partial charge on any atom is 0.267 e.